The summed E-state index contributed by atoms with van der Waals surface area (Å²) in [7, 11) is 0. The van der Waals surface area contributed by atoms with Crippen LogP contribution in [0.1, 0.15) is 25.0 Å². The fourth-order valence-electron chi connectivity index (χ4n) is 4.20. The number of aromatic nitrogens is 6. The van der Waals surface area contributed by atoms with E-state index >= 15 is 0 Å². The second-order valence-electron chi connectivity index (χ2n) is 7.80. The van der Waals surface area contributed by atoms with Gasteiger partial charge in [-0.1, -0.05) is 0 Å². The Morgan fingerprint density at radius 3 is 2.81 bits per heavy atom. The Morgan fingerprint density at radius 1 is 1.19 bits per heavy atom. The van der Waals surface area contributed by atoms with Crippen LogP contribution in [0.25, 0.3) is 33.7 Å². The molecular weight excluding hydrogens is 392 g/mol. The number of aliphatic hydroxyl groups excluding tert-OH is 1. The molecule has 9 heteroatoms. The molecule has 1 aliphatic rings. The molecule has 4 aromatic heterocycles. The predicted molar refractivity (Wildman–Crippen MR) is 111 cm³/mol. The van der Waals surface area contributed by atoms with Crippen molar-refractivity contribution in [3.63, 3.8) is 0 Å². The number of H-pyrrole nitrogens is 1. The first-order chi connectivity index (χ1) is 15.2. The van der Waals surface area contributed by atoms with Crippen molar-refractivity contribution >= 4 is 10.9 Å². The minimum absolute atomic E-state index is 0.0483. The van der Waals surface area contributed by atoms with Crippen LogP contribution in [-0.2, 0) is 12.1 Å². The van der Waals surface area contributed by atoms with E-state index in [0.717, 1.165) is 10.9 Å². The molecule has 4 aromatic rings. The molecule has 31 heavy (non-hydrogen) atoms. The molecule has 0 atom stereocenters. The Morgan fingerprint density at radius 2 is 2.06 bits per heavy atom. The lowest BCUT2D eigenvalue weighted by Crippen LogP contribution is -2.46. The van der Waals surface area contributed by atoms with Gasteiger partial charge in [-0.2, -0.15) is 20.7 Å². The Kier molecular flexibility index (Phi) is 4.46. The standard InChI is InChI=1S/C22H18N8O/c23-5-4-22(10-14(11-22)12-24)30-7-3-17(29-30)21-16-2-1-6-25-18(16)9-19(26-21)20-8-15(13-31)27-28-20/h1-3,6-9,14,31H,4,10-11,13H2,(H,27,28)/t14-,22+. The number of aromatic amines is 1. The minimum atomic E-state index is -0.447. The molecule has 1 fully saturated rings. The molecule has 0 spiro atoms. The van der Waals surface area contributed by atoms with E-state index in [2.05, 4.69) is 27.3 Å². The van der Waals surface area contributed by atoms with E-state index in [4.69, 9.17) is 10.1 Å². The number of pyridine rings is 2. The first-order valence-electron chi connectivity index (χ1n) is 9.90. The molecule has 9 nitrogen and oxygen atoms in total. The maximum absolute atomic E-state index is 9.33. The second kappa shape index (κ2) is 7.31. The number of nitrogens with zero attached hydrogens (tertiary/aromatic N) is 7. The predicted octanol–water partition coefficient (Wildman–Crippen LogP) is 2.92. The monoisotopic (exact) mass is 410 g/mol. The third-order valence-electron chi connectivity index (χ3n) is 5.82. The van der Waals surface area contributed by atoms with Crippen LogP contribution in [0.3, 0.4) is 0 Å². The van der Waals surface area contributed by atoms with Crippen molar-refractivity contribution < 1.29 is 5.11 Å². The average molecular weight is 410 g/mol. The highest BCUT2D eigenvalue weighted by atomic mass is 16.3. The van der Waals surface area contributed by atoms with Gasteiger partial charge in [-0.25, -0.2) is 4.98 Å². The molecule has 5 rings (SSSR count). The number of hydrogen-bond acceptors (Lipinski definition) is 7. The molecule has 1 saturated carbocycles. The zero-order valence-electron chi connectivity index (χ0n) is 16.5. The van der Waals surface area contributed by atoms with Gasteiger partial charge in [-0.15, -0.1) is 0 Å². The Hall–Kier alpha value is -4.08. The third kappa shape index (κ3) is 3.12. The van der Waals surface area contributed by atoms with E-state index in [1.54, 1.807) is 12.3 Å². The summed E-state index contributed by atoms with van der Waals surface area (Å²) < 4.78 is 1.81. The van der Waals surface area contributed by atoms with Crippen molar-refractivity contribution in [2.24, 2.45) is 5.92 Å². The Labute approximate surface area is 177 Å². The van der Waals surface area contributed by atoms with Gasteiger partial charge in [0.05, 0.1) is 53.5 Å². The van der Waals surface area contributed by atoms with Crippen LogP contribution < -0.4 is 0 Å². The van der Waals surface area contributed by atoms with Gasteiger partial charge in [-0.3, -0.25) is 14.8 Å². The summed E-state index contributed by atoms with van der Waals surface area (Å²) >= 11 is 0. The minimum Gasteiger partial charge on any atom is -0.390 e. The van der Waals surface area contributed by atoms with Crippen LogP contribution in [0.2, 0.25) is 0 Å². The first-order valence-corrected chi connectivity index (χ1v) is 9.90. The van der Waals surface area contributed by atoms with E-state index in [0.29, 0.717) is 47.7 Å². The van der Waals surface area contributed by atoms with E-state index in [-0.39, 0.29) is 12.5 Å². The first kappa shape index (κ1) is 18.9. The highest BCUT2D eigenvalue weighted by molar-refractivity contribution is 5.93. The number of rotatable bonds is 5. The van der Waals surface area contributed by atoms with Crippen molar-refractivity contribution in [2.45, 2.75) is 31.4 Å². The van der Waals surface area contributed by atoms with Crippen LogP contribution >= 0.6 is 0 Å². The van der Waals surface area contributed by atoms with E-state index < -0.39 is 5.54 Å². The topological polar surface area (TPSA) is 140 Å². The van der Waals surface area contributed by atoms with Gasteiger partial charge in [0.2, 0.25) is 0 Å². The lowest BCUT2D eigenvalue weighted by atomic mass is 9.67. The van der Waals surface area contributed by atoms with Crippen molar-refractivity contribution in [2.75, 3.05) is 0 Å². The number of aliphatic hydroxyl groups is 1. The summed E-state index contributed by atoms with van der Waals surface area (Å²) in [6.45, 7) is -0.138. The van der Waals surface area contributed by atoms with Crippen LogP contribution in [0, 0.1) is 28.6 Å². The highest BCUT2D eigenvalue weighted by Crippen LogP contribution is 2.46. The fraction of sp³-hybridized carbons (Fsp3) is 0.273. The maximum Gasteiger partial charge on any atom is 0.111 e. The van der Waals surface area contributed by atoms with E-state index in [1.165, 1.54) is 0 Å². The SMILES string of the molecule is N#CC[C@]1(n2ccc(-c3nc(-c4cc(CO)[nH]n4)cc4ncccc34)n2)C[C@@H](C#N)C1. The Bertz CT molecular complexity index is 1350. The third-order valence-corrected chi connectivity index (χ3v) is 5.82. The van der Waals surface area contributed by atoms with Gasteiger partial charge in [-0.05, 0) is 43.2 Å². The average Bonchev–Trinajstić information content (AvgIpc) is 3.45. The van der Waals surface area contributed by atoms with Gasteiger partial charge in [0.25, 0.3) is 0 Å². The van der Waals surface area contributed by atoms with Crippen molar-refractivity contribution in [1.29, 1.82) is 10.5 Å². The smallest absolute Gasteiger partial charge is 0.111 e. The van der Waals surface area contributed by atoms with Gasteiger partial charge in [0.15, 0.2) is 0 Å². The summed E-state index contributed by atoms with van der Waals surface area (Å²) in [6, 6.07) is 13.8. The largest absolute Gasteiger partial charge is 0.390 e. The normalized spacial score (nSPS) is 20.2. The molecule has 2 N–H and O–H groups in total. The number of fused-ring (bicyclic) bond motifs is 1. The van der Waals surface area contributed by atoms with E-state index in [9.17, 15) is 15.6 Å². The highest BCUT2D eigenvalue weighted by Gasteiger charge is 2.46. The number of hydrogen-bond donors (Lipinski definition) is 2. The summed E-state index contributed by atoms with van der Waals surface area (Å²) in [6.07, 6.45) is 5.11. The van der Waals surface area contributed by atoms with Crippen molar-refractivity contribution in [3.8, 4) is 34.9 Å². The van der Waals surface area contributed by atoms with Crippen LogP contribution in [0.4, 0.5) is 0 Å². The molecule has 0 radical (unpaired) electrons. The van der Waals surface area contributed by atoms with Gasteiger partial charge in [0.1, 0.15) is 17.1 Å². The molecule has 0 saturated heterocycles. The molecular formula is C22H18N8O. The van der Waals surface area contributed by atoms with Gasteiger partial charge < -0.3 is 5.11 Å². The van der Waals surface area contributed by atoms with Crippen LogP contribution in [0.15, 0.2) is 42.7 Å². The summed E-state index contributed by atoms with van der Waals surface area (Å²) in [4.78, 5) is 9.28. The number of nitrogens with one attached hydrogen (secondary N) is 1. The molecule has 0 aliphatic heterocycles. The fourth-order valence-corrected chi connectivity index (χ4v) is 4.20. The van der Waals surface area contributed by atoms with Gasteiger partial charge >= 0.3 is 0 Å². The molecule has 4 heterocycles. The van der Waals surface area contributed by atoms with E-state index in [1.807, 2.05) is 35.1 Å². The second-order valence-corrected chi connectivity index (χ2v) is 7.80. The molecule has 1 aliphatic carbocycles. The summed E-state index contributed by atoms with van der Waals surface area (Å²) in [5, 5.41) is 40.5. The number of nitriles is 2. The van der Waals surface area contributed by atoms with Gasteiger partial charge in [0, 0.05) is 17.8 Å². The summed E-state index contributed by atoms with van der Waals surface area (Å²) in [5.74, 6) is -0.0483. The zero-order valence-corrected chi connectivity index (χ0v) is 16.5. The van der Waals surface area contributed by atoms with Crippen molar-refractivity contribution in [3.05, 3.63) is 48.4 Å². The maximum atomic E-state index is 9.33. The lowest BCUT2D eigenvalue weighted by molar-refractivity contribution is 0.0884. The quantitative estimate of drug-likeness (QED) is 0.515. The van der Waals surface area contributed by atoms with Crippen LogP contribution in [-0.4, -0.2) is 35.1 Å². The molecule has 0 bridgehead atoms. The Balaban J connectivity index is 1.61. The lowest BCUT2D eigenvalue weighted by Gasteiger charge is -2.43. The molecule has 152 valence electrons. The zero-order chi connectivity index (χ0) is 21.4. The summed E-state index contributed by atoms with van der Waals surface area (Å²) in [5.41, 5.74) is 3.45. The molecule has 0 amide bonds. The van der Waals surface area contributed by atoms with Crippen molar-refractivity contribution in [1.82, 2.24) is 29.9 Å². The van der Waals surface area contributed by atoms with Crippen LogP contribution in [0.5, 0.6) is 0 Å². The molecule has 0 unspecified atom stereocenters. The molecule has 0 aromatic carbocycles.